The number of pyridine rings is 1. The normalized spacial score (nSPS) is 10.5. The van der Waals surface area contributed by atoms with E-state index in [1.165, 1.54) is 6.07 Å². The highest BCUT2D eigenvalue weighted by atomic mass is 19.1. The second kappa shape index (κ2) is 5.25. The summed E-state index contributed by atoms with van der Waals surface area (Å²) in [6.07, 6.45) is 1.93. The maximum Gasteiger partial charge on any atom is 0.143 e. The fourth-order valence-electron chi connectivity index (χ4n) is 2.25. The Hall–Kier alpha value is -2.87. The van der Waals surface area contributed by atoms with Gasteiger partial charge in [-0.25, -0.2) is 9.37 Å². The minimum Gasteiger partial charge on any atom is -0.378 e. The number of nitriles is 1. The predicted octanol–water partition coefficient (Wildman–Crippen LogP) is 3.27. The van der Waals surface area contributed by atoms with E-state index in [-0.39, 0.29) is 5.56 Å². The molecule has 0 saturated carbocycles. The van der Waals surface area contributed by atoms with Gasteiger partial charge in [-0.2, -0.15) is 5.26 Å². The standard InChI is InChI=1S/C16H13FN4/c1-11-4-2-7-16-20-12(10-21(11)16)9-19-15-6-3-5-14(17)13(15)8-18/h2-7,10,19H,9H2,1H3. The van der Waals surface area contributed by atoms with Gasteiger partial charge in [-0.1, -0.05) is 12.1 Å². The monoisotopic (exact) mass is 280 g/mol. The van der Waals surface area contributed by atoms with Crippen LogP contribution in [-0.2, 0) is 6.54 Å². The Kier molecular flexibility index (Phi) is 3.28. The number of aromatic nitrogens is 2. The molecule has 5 heteroatoms. The number of imidazole rings is 1. The molecule has 0 amide bonds. The number of aryl methyl sites for hydroxylation is 1. The van der Waals surface area contributed by atoms with E-state index in [0.717, 1.165) is 17.0 Å². The van der Waals surface area contributed by atoms with Crippen LogP contribution in [-0.4, -0.2) is 9.38 Å². The highest BCUT2D eigenvalue weighted by molar-refractivity contribution is 5.58. The summed E-state index contributed by atoms with van der Waals surface area (Å²) < 4.78 is 15.5. The molecule has 0 spiro atoms. The van der Waals surface area contributed by atoms with Crippen molar-refractivity contribution in [1.29, 1.82) is 5.26 Å². The Bertz CT molecular complexity index is 845. The van der Waals surface area contributed by atoms with Gasteiger partial charge in [0.2, 0.25) is 0 Å². The molecule has 0 fully saturated rings. The molecule has 0 saturated heterocycles. The van der Waals surface area contributed by atoms with Crippen molar-refractivity contribution in [2.24, 2.45) is 0 Å². The maximum atomic E-state index is 13.5. The third-order valence-electron chi connectivity index (χ3n) is 3.33. The first-order chi connectivity index (χ1) is 10.2. The van der Waals surface area contributed by atoms with Crippen LogP contribution in [0.1, 0.15) is 17.0 Å². The summed E-state index contributed by atoms with van der Waals surface area (Å²) >= 11 is 0. The van der Waals surface area contributed by atoms with Gasteiger partial charge in [-0.3, -0.25) is 0 Å². The van der Waals surface area contributed by atoms with E-state index in [1.807, 2.05) is 41.8 Å². The lowest BCUT2D eigenvalue weighted by Crippen LogP contribution is -2.02. The molecule has 0 bridgehead atoms. The maximum absolute atomic E-state index is 13.5. The molecule has 21 heavy (non-hydrogen) atoms. The predicted molar refractivity (Wildman–Crippen MR) is 78.4 cm³/mol. The van der Waals surface area contributed by atoms with Gasteiger partial charge in [0.1, 0.15) is 23.1 Å². The summed E-state index contributed by atoms with van der Waals surface area (Å²) in [6, 6.07) is 12.3. The third-order valence-corrected chi connectivity index (χ3v) is 3.33. The highest BCUT2D eigenvalue weighted by Crippen LogP contribution is 2.18. The smallest absolute Gasteiger partial charge is 0.143 e. The molecule has 0 unspecified atom stereocenters. The zero-order valence-electron chi connectivity index (χ0n) is 11.5. The van der Waals surface area contributed by atoms with E-state index in [0.29, 0.717) is 12.2 Å². The number of rotatable bonds is 3. The summed E-state index contributed by atoms with van der Waals surface area (Å²) in [5.74, 6) is -0.520. The summed E-state index contributed by atoms with van der Waals surface area (Å²) in [5, 5.41) is 12.1. The molecule has 1 aromatic carbocycles. The summed E-state index contributed by atoms with van der Waals surface area (Å²) in [4.78, 5) is 4.49. The van der Waals surface area contributed by atoms with Crippen LogP contribution in [0.25, 0.3) is 5.65 Å². The molecule has 0 aliphatic carbocycles. The van der Waals surface area contributed by atoms with E-state index in [9.17, 15) is 4.39 Å². The number of benzene rings is 1. The van der Waals surface area contributed by atoms with E-state index < -0.39 is 5.82 Å². The minimum absolute atomic E-state index is 0.0254. The van der Waals surface area contributed by atoms with Crippen molar-refractivity contribution >= 4 is 11.3 Å². The molecule has 4 nitrogen and oxygen atoms in total. The van der Waals surface area contributed by atoms with Crippen LogP contribution in [0.5, 0.6) is 0 Å². The van der Waals surface area contributed by atoms with Crippen LogP contribution in [0.15, 0.2) is 42.6 Å². The van der Waals surface area contributed by atoms with Crippen LogP contribution >= 0.6 is 0 Å². The van der Waals surface area contributed by atoms with E-state index >= 15 is 0 Å². The largest absolute Gasteiger partial charge is 0.378 e. The Morgan fingerprint density at radius 1 is 1.29 bits per heavy atom. The SMILES string of the molecule is Cc1cccc2nc(CNc3cccc(F)c3C#N)cn12. The zero-order chi connectivity index (χ0) is 14.8. The van der Waals surface area contributed by atoms with Crippen LogP contribution < -0.4 is 5.32 Å². The van der Waals surface area contributed by atoms with Gasteiger partial charge < -0.3 is 9.72 Å². The lowest BCUT2D eigenvalue weighted by molar-refractivity contribution is 0.624. The number of nitrogens with zero attached hydrogens (tertiary/aromatic N) is 3. The molecule has 0 aliphatic heterocycles. The molecular formula is C16H13FN4. The van der Waals surface area contributed by atoms with Crippen molar-refractivity contribution in [1.82, 2.24) is 9.38 Å². The van der Waals surface area contributed by atoms with Crippen molar-refractivity contribution in [3.05, 3.63) is 65.4 Å². The van der Waals surface area contributed by atoms with Crippen LogP contribution in [0.4, 0.5) is 10.1 Å². The third kappa shape index (κ3) is 2.43. The van der Waals surface area contributed by atoms with Gasteiger partial charge >= 0.3 is 0 Å². The molecule has 3 rings (SSSR count). The van der Waals surface area contributed by atoms with Gasteiger partial charge in [0.15, 0.2) is 0 Å². The second-order valence-corrected chi connectivity index (χ2v) is 4.76. The second-order valence-electron chi connectivity index (χ2n) is 4.76. The van der Waals surface area contributed by atoms with Crippen molar-refractivity contribution in [2.45, 2.75) is 13.5 Å². The van der Waals surface area contributed by atoms with Gasteiger partial charge in [0, 0.05) is 11.9 Å². The lowest BCUT2D eigenvalue weighted by atomic mass is 10.2. The number of halogens is 1. The molecule has 104 valence electrons. The first-order valence-electron chi connectivity index (χ1n) is 6.55. The van der Waals surface area contributed by atoms with E-state index in [4.69, 9.17) is 5.26 Å². The summed E-state index contributed by atoms with van der Waals surface area (Å²) in [6.45, 7) is 2.44. The number of fused-ring (bicyclic) bond motifs is 1. The molecular weight excluding hydrogens is 267 g/mol. The molecule has 0 aliphatic rings. The average Bonchev–Trinajstić information content (AvgIpc) is 2.90. The molecule has 0 atom stereocenters. The number of hydrogen-bond donors (Lipinski definition) is 1. The van der Waals surface area contributed by atoms with E-state index in [2.05, 4.69) is 10.3 Å². The first kappa shape index (κ1) is 13.1. The Balaban J connectivity index is 1.86. The van der Waals surface area contributed by atoms with Crippen molar-refractivity contribution in [3.63, 3.8) is 0 Å². The van der Waals surface area contributed by atoms with E-state index in [1.54, 1.807) is 12.1 Å². The average molecular weight is 280 g/mol. The first-order valence-corrected chi connectivity index (χ1v) is 6.55. The molecule has 2 heterocycles. The highest BCUT2D eigenvalue weighted by Gasteiger charge is 2.08. The zero-order valence-corrected chi connectivity index (χ0v) is 11.5. The quantitative estimate of drug-likeness (QED) is 0.801. The minimum atomic E-state index is -0.520. The number of nitrogens with one attached hydrogen (secondary N) is 1. The van der Waals surface area contributed by atoms with Crippen LogP contribution in [0.3, 0.4) is 0 Å². The summed E-state index contributed by atoms with van der Waals surface area (Å²) in [7, 11) is 0. The molecule has 3 aromatic rings. The molecule has 0 radical (unpaired) electrons. The fraction of sp³-hybridized carbons (Fsp3) is 0.125. The Morgan fingerprint density at radius 2 is 2.10 bits per heavy atom. The Labute approximate surface area is 121 Å². The summed E-state index contributed by atoms with van der Waals surface area (Å²) in [5.41, 5.74) is 3.29. The van der Waals surface area contributed by atoms with Gasteiger partial charge in [0.25, 0.3) is 0 Å². The van der Waals surface area contributed by atoms with Crippen LogP contribution in [0.2, 0.25) is 0 Å². The molecule has 2 aromatic heterocycles. The number of hydrogen-bond acceptors (Lipinski definition) is 3. The van der Waals surface area contributed by atoms with Gasteiger partial charge in [0.05, 0.1) is 17.9 Å². The molecule has 1 N–H and O–H groups in total. The topological polar surface area (TPSA) is 53.1 Å². The van der Waals surface area contributed by atoms with Crippen molar-refractivity contribution in [3.8, 4) is 6.07 Å². The van der Waals surface area contributed by atoms with Crippen molar-refractivity contribution in [2.75, 3.05) is 5.32 Å². The Morgan fingerprint density at radius 3 is 2.86 bits per heavy atom. The lowest BCUT2D eigenvalue weighted by Gasteiger charge is -2.06. The van der Waals surface area contributed by atoms with Crippen LogP contribution in [0, 0.1) is 24.1 Å². The van der Waals surface area contributed by atoms with Gasteiger partial charge in [-0.05, 0) is 31.2 Å². The fourth-order valence-corrected chi connectivity index (χ4v) is 2.25. The number of anilines is 1. The van der Waals surface area contributed by atoms with Gasteiger partial charge in [-0.15, -0.1) is 0 Å². The van der Waals surface area contributed by atoms with Crippen molar-refractivity contribution < 1.29 is 4.39 Å².